The van der Waals surface area contributed by atoms with Crippen LogP contribution in [0.3, 0.4) is 0 Å². The second kappa shape index (κ2) is 7.54. The number of rotatable bonds is 3. The number of esters is 1. The average Bonchev–Trinajstić information content (AvgIpc) is 2.75. The van der Waals surface area contributed by atoms with Crippen LogP contribution in [0.5, 0.6) is 0 Å². The van der Waals surface area contributed by atoms with Crippen molar-refractivity contribution in [3.05, 3.63) is 35.4 Å². The van der Waals surface area contributed by atoms with E-state index < -0.39 is 6.04 Å². The predicted molar refractivity (Wildman–Crippen MR) is 77.7 cm³/mol. The molecule has 0 bridgehead atoms. The topological polar surface area (TPSA) is 98.5 Å². The lowest BCUT2D eigenvalue weighted by atomic mass is 10.1. The summed E-state index contributed by atoms with van der Waals surface area (Å²) in [7, 11) is 0. The highest BCUT2D eigenvalue weighted by atomic mass is 16.5. The minimum Gasteiger partial charge on any atom is -0.465 e. The Morgan fingerprint density at radius 2 is 1.67 bits per heavy atom. The summed E-state index contributed by atoms with van der Waals surface area (Å²) in [6.45, 7) is 5.95. The standard InChI is InChI=1S/C8H5NO2.C7H15NO2/c10-7-5-3-1-2-4-6(5)8(11)9-7;1-4-10-7(9)6(8)5(2)3/h1-4H,(H,9,10,11);5-6H,4,8H2,1-3H3/t;6-/m.0/s1. The number of amides is 2. The SMILES string of the molecule is CCOC(=O)[C@@H](N)C(C)C.O=C1NC(=O)c2ccccc21. The molecule has 6 nitrogen and oxygen atoms in total. The lowest BCUT2D eigenvalue weighted by Crippen LogP contribution is -2.36. The molecule has 2 rings (SSSR count). The van der Waals surface area contributed by atoms with Gasteiger partial charge in [-0.3, -0.25) is 19.7 Å². The Kier molecular flexibility index (Phi) is 6.05. The fourth-order valence-corrected chi connectivity index (χ4v) is 1.63. The summed E-state index contributed by atoms with van der Waals surface area (Å²) in [6, 6.07) is 6.26. The molecule has 0 saturated carbocycles. The van der Waals surface area contributed by atoms with E-state index in [4.69, 9.17) is 10.5 Å². The Morgan fingerprint density at radius 3 is 2.05 bits per heavy atom. The number of ether oxygens (including phenoxy) is 1. The second-order valence-electron chi connectivity index (χ2n) is 4.85. The Hall–Kier alpha value is -2.21. The molecule has 2 amide bonds. The van der Waals surface area contributed by atoms with Gasteiger partial charge in [0.1, 0.15) is 6.04 Å². The van der Waals surface area contributed by atoms with Crippen molar-refractivity contribution in [3.63, 3.8) is 0 Å². The third-order valence-electron chi connectivity index (χ3n) is 2.92. The maximum absolute atomic E-state index is 10.9. The number of benzene rings is 1. The lowest BCUT2D eigenvalue weighted by molar-refractivity contribution is -0.145. The predicted octanol–water partition coefficient (Wildman–Crippen LogP) is 1.10. The smallest absolute Gasteiger partial charge is 0.323 e. The number of carbonyl (C=O) groups is 3. The molecule has 114 valence electrons. The van der Waals surface area contributed by atoms with Gasteiger partial charge in [-0.05, 0) is 25.0 Å². The molecular weight excluding hydrogens is 272 g/mol. The monoisotopic (exact) mass is 292 g/mol. The van der Waals surface area contributed by atoms with Crippen LogP contribution in [0.25, 0.3) is 0 Å². The Balaban J connectivity index is 0.000000212. The van der Waals surface area contributed by atoms with E-state index in [0.717, 1.165) is 0 Å². The average molecular weight is 292 g/mol. The Morgan fingerprint density at radius 1 is 1.19 bits per heavy atom. The van der Waals surface area contributed by atoms with Crippen molar-refractivity contribution in [1.29, 1.82) is 0 Å². The Bertz CT molecular complexity index is 507. The number of nitrogens with two attached hydrogens (primary N) is 1. The van der Waals surface area contributed by atoms with Crippen LogP contribution in [0.15, 0.2) is 24.3 Å². The molecule has 1 aliphatic rings. The highest BCUT2D eigenvalue weighted by Gasteiger charge is 2.25. The first-order valence-electron chi connectivity index (χ1n) is 6.75. The molecule has 0 aliphatic carbocycles. The summed E-state index contributed by atoms with van der Waals surface area (Å²) in [6.07, 6.45) is 0. The molecule has 0 unspecified atom stereocenters. The van der Waals surface area contributed by atoms with E-state index >= 15 is 0 Å². The number of fused-ring (bicyclic) bond motifs is 1. The second-order valence-corrected chi connectivity index (χ2v) is 4.85. The van der Waals surface area contributed by atoms with Crippen LogP contribution < -0.4 is 11.1 Å². The largest absolute Gasteiger partial charge is 0.465 e. The van der Waals surface area contributed by atoms with Crippen LogP contribution in [0.1, 0.15) is 41.5 Å². The number of carbonyl (C=O) groups excluding carboxylic acids is 3. The zero-order valence-electron chi connectivity index (χ0n) is 12.4. The maximum Gasteiger partial charge on any atom is 0.323 e. The van der Waals surface area contributed by atoms with Gasteiger partial charge >= 0.3 is 5.97 Å². The van der Waals surface area contributed by atoms with Crippen molar-refractivity contribution in [2.24, 2.45) is 11.7 Å². The van der Waals surface area contributed by atoms with Crippen molar-refractivity contribution < 1.29 is 19.1 Å². The van der Waals surface area contributed by atoms with E-state index in [1.54, 1.807) is 31.2 Å². The quantitative estimate of drug-likeness (QED) is 0.642. The van der Waals surface area contributed by atoms with Gasteiger partial charge in [0.2, 0.25) is 0 Å². The first-order chi connectivity index (χ1) is 9.88. The first kappa shape index (κ1) is 16.8. The van der Waals surface area contributed by atoms with Gasteiger partial charge in [0.05, 0.1) is 17.7 Å². The van der Waals surface area contributed by atoms with Gasteiger partial charge in [-0.2, -0.15) is 0 Å². The molecule has 0 saturated heterocycles. The van der Waals surface area contributed by atoms with Gasteiger partial charge < -0.3 is 10.5 Å². The summed E-state index contributed by atoms with van der Waals surface area (Å²) in [5.41, 5.74) is 6.41. The van der Waals surface area contributed by atoms with E-state index in [9.17, 15) is 14.4 Å². The van der Waals surface area contributed by atoms with Crippen LogP contribution in [0.4, 0.5) is 0 Å². The van der Waals surface area contributed by atoms with E-state index in [-0.39, 0.29) is 23.7 Å². The first-order valence-corrected chi connectivity index (χ1v) is 6.75. The van der Waals surface area contributed by atoms with Crippen LogP contribution in [0, 0.1) is 5.92 Å². The van der Waals surface area contributed by atoms with Crippen molar-refractivity contribution in [2.45, 2.75) is 26.8 Å². The van der Waals surface area contributed by atoms with Crippen molar-refractivity contribution in [3.8, 4) is 0 Å². The van der Waals surface area contributed by atoms with Gasteiger partial charge in [-0.1, -0.05) is 26.0 Å². The van der Waals surface area contributed by atoms with E-state index in [1.165, 1.54) is 0 Å². The molecule has 0 fully saturated rings. The fourth-order valence-electron chi connectivity index (χ4n) is 1.63. The summed E-state index contributed by atoms with van der Waals surface area (Å²) in [5.74, 6) is -0.757. The molecule has 0 spiro atoms. The molecule has 0 aromatic heterocycles. The van der Waals surface area contributed by atoms with Crippen molar-refractivity contribution in [2.75, 3.05) is 6.61 Å². The van der Waals surface area contributed by atoms with Gasteiger partial charge in [-0.25, -0.2) is 0 Å². The van der Waals surface area contributed by atoms with Crippen LogP contribution in [-0.4, -0.2) is 30.4 Å². The van der Waals surface area contributed by atoms with Gasteiger partial charge in [0.15, 0.2) is 0 Å². The highest BCUT2D eigenvalue weighted by molar-refractivity contribution is 6.21. The molecule has 6 heteroatoms. The minimum atomic E-state index is -0.472. The molecule has 21 heavy (non-hydrogen) atoms. The molecule has 1 aromatic carbocycles. The molecule has 1 heterocycles. The number of hydrogen-bond donors (Lipinski definition) is 2. The third-order valence-corrected chi connectivity index (χ3v) is 2.92. The van der Waals surface area contributed by atoms with Crippen molar-refractivity contribution in [1.82, 2.24) is 5.32 Å². The summed E-state index contributed by atoms with van der Waals surface area (Å²) < 4.78 is 4.70. The summed E-state index contributed by atoms with van der Waals surface area (Å²) in [4.78, 5) is 32.7. The van der Waals surface area contributed by atoms with Crippen molar-refractivity contribution >= 4 is 17.8 Å². The highest BCUT2D eigenvalue weighted by Crippen LogP contribution is 2.13. The zero-order chi connectivity index (χ0) is 16.0. The van der Waals surface area contributed by atoms with Crippen LogP contribution in [0.2, 0.25) is 0 Å². The lowest BCUT2D eigenvalue weighted by Gasteiger charge is -2.12. The normalized spacial score (nSPS) is 14.0. The van der Waals surface area contributed by atoms with Gasteiger partial charge in [0, 0.05) is 0 Å². The number of nitrogens with one attached hydrogen (secondary N) is 1. The minimum absolute atomic E-state index is 0.152. The van der Waals surface area contributed by atoms with Gasteiger partial charge in [-0.15, -0.1) is 0 Å². The van der Waals surface area contributed by atoms with E-state index in [1.807, 2.05) is 13.8 Å². The molecule has 1 atom stereocenters. The fraction of sp³-hybridized carbons (Fsp3) is 0.400. The zero-order valence-corrected chi connectivity index (χ0v) is 12.4. The van der Waals surface area contributed by atoms with Crippen LogP contribution in [-0.2, 0) is 9.53 Å². The molecule has 3 N–H and O–H groups in total. The molecule has 1 aliphatic heterocycles. The van der Waals surface area contributed by atoms with E-state index in [2.05, 4.69) is 5.32 Å². The molecule has 1 aromatic rings. The summed E-state index contributed by atoms with van der Waals surface area (Å²) >= 11 is 0. The summed E-state index contributed by atoms with van der Waals surface area (Å²) in [5, 5.41) is 2.20. The molecule has 0 radical (unpaired) electrons. The third kappa shape index (κ3) is 4.39. The van der Waals surface area contributed by atoms with E-state index in [0.29, 0.717) is 17.7 Å². The maximum atomic E-state index is 10.9. The molecular formula is C15H20N2O4. The van der Waals surface area contributed by atoms with Crippen LogP contribution >= 0.6 is 0 Å². The number of hydrogen-bond acceptors (Lipinski definition) is 5. The Labute approximate surface area is 123 Å². The number of imide groups is 1. The van der Waals surface area contributed by atoms with Gasteiger partial charge in [0.25, 0.3) is 11.8 Å².